The molecule has 164 valence electrons. The Morgan fingerprint density at radius 3 is 2.57 bits per heavy atom. The Balaban J connectivity index is 0.000000310. The number of phenolic OH excluding ortho intramolecular Hbond substituents is 1. The third-order valence-corrected chi connectivity index (χ3v) is 5.57. The SMILES string of the molecule is COC1CCCC1.COCC[C@H]1OCc2c(-c3c(O)cc(C)cc3F)nnc(N)c21. The van der Waals surface area contributed by atoms with Gasteiger partial charge in [0.1, 0.15) is 17.3 Å². The molecule has 7 nitrogen and oxygen atoms in total. The van der Waals surface area contributed by atoms with Crippen molar-refractivity contribution in [2.45, 2.75) is 57.8 Å². The summed E-state index contributed by atoms with van der Waals surface area (Å²) >= 11 is 0. The Labute approximate surface area is 176 Å². The predicted octanol–water partition coefficient (Wildman–Crippen LogP) is 4.06. The molecule has 30 heavy (non-hydrogen) atoms. The largest absolute Gasteiger partial charge is 0.507 e. The quantitative estimate of drug-likeness (QED) is 0.754. The minimum absolute atomic E-state index is 0.0235. The van der Waals surface area contributed by atoms with E-state index in [2.05, 4.69) is 10.2 Å². The highest BCUT2D eigenvalue weighted by Crippen LogP contribution is 2.42. The van der Waals surface area contributed by atoms with E-state index in [4.69, 9.17) is 19.9 Å². The van der Waals surface area contributed by atoms with Gasteiger partial charge in [0.15, 0.2) is 5.82 Å². The van der Waals surface area contributed by atoms with Crippen LogP contribution in [-0.2, 0) is 20.8 Å². The van der Waals surface area contributed by atoms with Crippen LogP contribution in [0.1, 0.15) is 54.9 Å². The number of aromatic hydroxyl groups is 1. The van der Waals surface area contributed by atoms with Crippen LogP contribution in [0.5, 0.6) is 5.75 Å². The zero-order valence-electron chi connectivity index (χ0n) is 17.8. The van der Waals surface area contributed by atoms with E-state index in [-0.39, 0.29) is 35.5 Å². The molecular weight excluding hydrogens is 389 g/mol. The van der Waals surface area contributed by atoms with Gasteiger partial charge in [0.2, 0.25) is 0 Å². The van der Waals surface area contributed by atoms with E-state index in [1.807, 2.05) is 0 Å². The first-order valence-corrected chi connectivity index (χ1v) is 10.2. The van der Waals surface area contributed by atoms with Crippen LogP contribution in [0.25, 0.3) is 11.3 Å². The number of ether oxygens (including phenoxy) is 3. The monoisotopic (exact) mass is 419 g/mol. The van der Waals surface area contributed by atoms with Gasteiger partial charge in [-0.3, -0.25) is 0 Å². The Kier molecular flexibility index (Phi) is 7.58. The lowest BCUT2D eigenvalue weighted by molar-refractivity contribution is 0.0402. The number of rotatable bonds is 5. The Morgan fingerprint density at radius 2 is 1.97 bits per heavy atom. The second kappa shape index (κ2) is 10.1. The van der Waals surface area contributed by atoms with Gasteiger partial charge >= 0.3 is 0 Å². The molecule has 1 aliphatic carbocycles. The number of aryl methyl sites for hydroxylation is 1. The van der Waals surface area contributed by atoms with E-state index in [0.29, 0.717) is 35.8 Å². The van der Waals surface area contributed by atoms with E-state index >= 15 is 0 Å². The highest BCUT2D eigenvalue weighted by molar-refractivity contribution is 5.73. The summed E-state index contributed by atoms with van der Waals surface area (Å²) in [4.78, 5) is 0. The normalized spacial score (nSPS) is 18.2. The number of hydrogen-bond donors (Lipinski definition) is 2. The third-order valence-electron chi connectivity index (χ3n) is 5.57. The molecule has 1 aliphatic heterocycles. The summed E-state index contributed by atoms with van der Waals surface area (Å²) in [6.45, 7) is 2.45. The molecule has 1 fully saturated rings. The first-order valence-electron chi connectivity index (χ1n) is 10.2. The summed E-state index contributed by atoms with van der Waals surface area (Å²) in [6.07, 6.45) is 6.26. The van der Waals surface area contributed by atoms with Crippen LogP contribution in [0.4, 0.5) is 10.2 Å². The Bertz CT molecular complexity index is 849. The summed E-state index contributed by atoms with van der Waals surface area (Å²) < 4.78 is 30.3. The molecule has 1 aromatic carbocycles. The minimum atomic E-state index is -0.552. The van der Waals surface area contributed by atoms with Crippen molar-refractivity contribution in [1.29, 1.82) is 0 Å². The average Bonchev–Trinajstić information content (AvgIpc) is 3.38. The zero-order chi connectivity index (χ0) is 21.7. The summed E-state index contributed by atoms with van der Waals surface area (Å²) in [5.41, 5.74) is 8.21. The van der Waals surface area contributed by atoms with E-state index in [1.165, 1.54) is 37.8 Å². The first kappa shape index (κ1) is 22.4. The topological polar surface area (TPSA) is 99.7 Å². The fraction of sp³-hybridized carbons (Fsp3) is 0.545. The van der Waals surface area contributed by atoms with Crippen molar-refractivity contribution < 1.29 is 23.7 Å². The molecule has 0 bridgehead atoms. The number of benzene rings is 1. The van der Waals surface area contributed by atoms with Crippen molar-refractivity contribution in [1.82, 2.24) is 10.2 Å². The molecule has 0 unspecified atom stereocenters. The number of anilines is 1. The average molecular weight is 419 g/mol. The van der Waals surface area contributed by atoms with Crippen LogP contribution in [0.2, 0.25) is 0 Å². The third kappa shape index (κ3) is 4.88. The molecule has 1 saturated carbocycles. The van der Waals surface area contributed by atoms with Crippen molar-refractivity contribution in [3.05, 3.63) is 34.6 Å². The Hall–Kier alpha value is -2.29. The standard InChI is InChI=1S/C16H18FN3O3.C6H12O/c1-8-5-10(17)14(11(21)6-8)15-9-7-23-12(3-4-22-2)13(9)16(18)20-19-15;1-7-6-4-2-3-5-6/h5-6,12,21H,3-4,7H2,1-2H3,(H2,18,20);6H,2-5H2,1H3/t12-;/m1./s1. The number of nitrogens with two attached hydrogens (primary N) is 1. The fourth-order valence-electron chi connectivity index (χ4n) is 4.01. The molecule has 0 radical (unpaired) electrons. The number of nitrogens with zero attached hydrogens (tertiary/aromatic N) is 2. The molecule has 0 saturated heterocycles. The number of halogens is 1. The van der Waals surface area contributed by atoms with E-state index in [0.717, 1.165) is 0 Å². The van der Waals surface area contributed by atoms with Crippen LogP contribution in [-0.4, -0.2) is 42.2 Å². The smallest absolute Gasteiger partial charge is 0.152 e. The van der Waals surface area contributed by atoms with Crippen LogP contribution in [0.3, 0.4) is 0 Å². The lowest BCUT2D eigenvalue weighted by Gasteiger charge is -2.13. The van der Waals surface area contributed by atoms with E-state index in [1.54, 1.807) is 21.1 Å². The predicted molar refractivity (Wildman–Crippen MR) is 112 cm³/mol. The molecule has 0 spiro atoms. The minimum Gasteiger partial charge on any atom is -0.507 e. The summed E-state index contributed by atoms with van der Waals surface area (Å²) in [5, 5.41) is 18.1. The summed E-state index contributed by atoms with van der Waals surface area (Å²) in [7, 11) is 3.41. The van der Waals surface area contributed by atoms with Gasteiger partial charge in [-0.2, -0.15) is 0 Å². The highest BCUT2D eigenvalue weighted by Gasteiger charge is 2.31. The van der Waals surface area contributed by atoms with Crippen molar-refractivity contribution in [2.75, 3.05) is 26.6 Å². The van der Waals surface area contributed by atoms with Gasteiger partial charge in [-0.05, 0) is 37.5 Å². The second-order valence-corrected chi connectivity index (χ2v) is 7.69. The van der Waals surface area contributed by atoms with Gasteiger partial charge in [0.25, 0.3) is 0 Å². The lowest BCUT2D eigenvalue weighted by atomic mass is 9.98. The van der Waals surface area contributed by atoms with Crippen LogP contribution in [0, 0.1) is 12.7 Å². The highest BCUT2D eigenvalue weighted by atomic mass is 19.1. The molecule has 8 heteroatoms. The second-order valence-electron chi connectivity index (χ2n) is 7.69. The van der Waals surface area contributed by atoms with Gasteiger partial charge in [-0.25, -0.2) is 4.39 Å². The fourth-order valence-corrected chi connectivity index (χ4v) is 4.01. The van der Waals surface area contributed by atoms with E-state index in [9.17, 15) is 9.50 Å². The molecule has 1 atom stereocenters. The number of aromatic nitrogens is 2. The van der Waals surface area contributed by atoms with Crippen LogP contribution in [0.15, 0.2) is 12.1 Å². The van der Waals surface area contributed by atoms with Crippen molar-refractivity contribution in [2.24, 2.45) is 0 Å². The lowest BCUT2D eigenvalue weighted by Crippen LogP contribution is -2.08. The van der Waals surface area contributed by atoms with Gasteiger partial charge in [0, 0.05) is 38.4 Å². The van der Waals surface area contributed by atoms with Gasteiger partial charge in [-0.15, -0.1) is 10.2 Å². The molecule has 0 amide bonds. The van der Waals surface area contributed by atoms with Gasteiger partial charge < -0.3 is 25.1 Å². The Morgan fingerprint density at radius 1 is 1.23 bits per heavy atom. The number of fused-ring (bicyclic) bond motifs is 1. The zero-order valence-corrected chi connectivity index (χ0v) is 17.8. The molecule has 3 N–H and O–H groups in total. The van der Waals surface area contributed by atoms with Crippen molar-refractivity contribution in [3.63, 3.8) is 0 Å². The van der Waals surface area contributed by atoms with Crippen LogP contribution >= 0.6 is 0 Å². The number of hydrogen-bond acceptors (Lipinski definition) is 7. The first-order chi connectivity index (χ1) is 14.5. The maximum Gasteiger partial charge on any atom is 0.152 e. The maximum absolute atomic E-state index is 14.3. The number of nitrogen functional groups attached to an aromatic ring is 1. The molecular formula is C22H30FN3O4. The summed E-state index contributed by atoms with van der Waals surface area (Å²) in [5.74, 6) is -0.470. The summed E-state index contributed by atoms with van der Waals surface area (Å²) in [6, 6.07) is 2.83. The van der Waals surface area contributed by atoms with Crippen molar-refractivity contribution >= 4 is 5.82 Å². The molecule has 4 rings (SSSR count). The molecule has 1 aromatic heterocycles. The molecule has 2 aliphatic rings. The van der Waals surface area contributed by atoms with Crippen LogP contribution < -0.4 is 5.73 Å². The maximum atomic E-state index is 14.3. The van der Waals surface area contributed by atoms with Gasteiger partial charge in [-0.1, -0.05) is 12.8 Å². The van der Waals surface area contributed by atoms with E-state index < -0.39 is 5.82 Å². The molecule has 2 heterocycles. The number of methoxy groups -OCH3 is 2. The molecule has 2 aromatic rings. The van der Waals surface area contributed by atoms with Gasteiger partial charge in [0.05, 0.1) is 24.4 Å². The van der Waals surface area contributed by atoms with Crippen molar-refractivity contribution in [3.8, 4) is 17.0 Å². The number of phenols is 1.